The minimum absolute atomic E-state index is 0.822. The van der Waals surface area contributed by atoms with Crippen molar-refractivity contribution in [2.75, 3.05) is 19.0 Å². The lowest BCUT2D eigenvalue weighted by atomic mass is 10.3. The predicted octanol–water partition coefficient (Wildman–Crippen LogP) is 1.64. The van der Waals surface area contributed by atoms with Crippen molar-refractivity contribution in [3.63, 3.8) is 0 Å². The van der Waals surface area contributed by atoms with E-state index in [9.17, 15) is 0 Å². The average Bonchev–Trinajstić information content (AvgIpc) is 2.61. The van der Waals surface area contributed by atoms with Crippen molar-refractivity contribution in [1.82, 2.24) is 15.0 Å². The van der Waals surface area contributed by atoms with Crippen LogP contribution in [0.2, 0.25) is 0 Å². The van der Waals surface area contributed by atoms with Crippen LogP contribution in [0.15, 0.2) is 6.20 Å². The summed E-state index contributed by atoms with van der Waals surface area (Å²) in [5.41, 5.74) is 1.05. The number of rotatable bonds is 7. The van der Waals surface area contributed by atoms with Crippen LogP contribution in [0, 0.1) is 0 Å². The van der Waals surface area contributed by atoms with Gasteiger partial charge in [-0.25, -0.2) is 0 Å². The van der Waals surface area contributed by atoms with Crippen LogP contribution in [0.3, 0.4) is 0 Å². The van der Waals surface area contributed by atoms with E-state index < -0.39 is 0 Å². The molecule has 0 saturated carbocycles. The molecular weight excluding hydrogens is 246 g/mol. The highest BCUT2D eigenvalue weighted by molar-refractivity contribution is 9.09. The molecular formula is C9H16BrN3O. The molecule has 0 bridgehead atoms. The largest absolute Gasteiger partial charge is 0.385 e. The average molecular weight is 262 g/mol. The van der Waals surface area contributed by atoms with Crippen LogP contribution in [0.1, 0.15) is 18.5 Å². The standard InChI is InChI=1S/C9H16BrN3O/c1-14-7-3-2-6-13-8-9(4-5-10)11-12-13/h8H,2-7H2,1H3. The van der Waals surface area contributed by atoms with E-state index in [-0.39, 0.29) is 0 Å². The van der Waals surface area contributed by atoms with Gasteiger partial charge >= 0.3 is 0 Å². The first-order valence-corrected chi connectivity index (χ1v) is 5.93. The van der Waals surface area contributed by atoms with Gasteiger partial charge in [-0.2, -0.15) is 0 Å². The zero-order valence-electron chi connectivity index (χ0n) is 8.45. The Morgan fingerprint density at radius 2 is 2.36 bits per heavy atom. The quantitative estimate of drug-likeness (QED) is 0.554. The van der Waals surface area contributed by atoms with E-state index in [0.717, 1.165) is 43.4 Å². The number of aromatic nitrogens is 3. The Labute approximate surface area is 92.8 Å². The summed E-state index contributed by atoms with van der Waals surface area (Å²) in [4.78, 5) is 0. The molecule has 1 heterocycles. The monoisotopic (exact) mass is 261 g/mol. The van der Waals surface area contributed by atoms with Crippen LogP contribution in [-0.4, -0.2) is 34.0 Å². The Morgan fingerprint density at radius 1 is 1.50 bits per heavy atom. The molecule has 0 spiro atoms. The van der Waals surface area contributed by atoms with Crippen molar-refractivity contribution in [3.8, 4) is 0 Å². The van der Waals surface area contributed by atoms with Gasteiger partial charge < -0.3 is 4.74 Å². The van der Waals surface area contributed by atoms with Gasteiger partial charge in [0.05, 0.1) is 5.69 Å². The summed E-state index contributed by atoms with van der Waals surface area (Å²) in [6.45, 7) is 1.75. The molecule has 14 heavy (non-hydrogen) atoms. The minimum Gasteiger partial charge on any atom is -0.385 e. The van der Waals surface area contributed by atoms with Crippen molar-refractivity contribution in [2.45, 2.75) is 25.8 Å². The second kappa shape index (κ2) is 6.95. The number of methoxy groups -OCH3 is 1. The van der Waals surface area contributed by atoms with Crippen molar-refractivity contribution in [2.24, 2.45) is 0 Å². The highest BCUT2D eigenvalue weighted by atomic mass is 79.9. The molecule has 0 N–H and O–H groups in total. The number of halogens is 1. The highest BCUT2D eigenvalue weighted by Crippen LogP contribution is 1.99. The Bertz CT molecular complexity index is 252. The number of aryl methyl sites for hydroxylation is 2. The summed E-state index contributed by atoms with van der Waals surface area (Å²) in [5, 5.41) is 9.03. The third-order valence-electron chi connectivity index (χ3n) is 1.92. The molecule has 1 aromatic rings. The smallest absolute Gasteiger partial charge is 0.0835 e. The van der Waals surface area contributed by atoms with Crippen molar-refractivity contribution in [3.05, 3.63) is 11.9 Å². The van der Waals surface area contributed by atoms with E-state index >= 15 is 0 Å². The van der Waals surface area contributed by atoms with Crippen molar-refractivity contribution < 1.29 is 4.74 Å². The molecule has 80 valence electrons. The van der Waals surface area contributed by atoms with Crippen LogP contribution in [0.4, 0.5) is 0 Å². The van der Waals surface area contributed by atoms with Gasteiger partial charge in [0.2, 0.25) is 0 Å². The van der Waals surface area contributed by atoms with E-state index in [1.165, 1.54) is 0 Å². The van der Waals surface area contributed by atoms with Gasteiger partial charge in [-0.3, -0.25) is 4.68 Å². The van der Waals surface area contributed by atoms with E-state index in [4.69, 9.17) is 4.74 Å². The van der Waals surface area contributed by atoms with Gasteiger partial charge in [0, 0.05) is 38.2 Å². The number of hydrogen-bond acceptors (Lipinski definition) is 3. The number of ether oxygens (including phenoxy) is 1. The van der Waals surface area contributed by atoms with Gasteiger partial charge in [0.25, 0.3) is 0 Å². The zero-order chi connectivity index (χ0) is 10.2. The van der Waals surface area contributed by atoms with Gasteiger partial charge in [-0.1, -0.05) is 21.1 Å². The molecule has 0 saturated heterocycles. The lowest BCUT2D eigenvalue weighted by Crippen LogP contribution is -2.00. The minimum atomic E-state index is 0.822. The van der Waals surface area contributed by atoms with Crippen LogP contribution < -0.4 is 0 Å². The third-order valence-corrected chi connectivity index (χ3v) is 2.32. The summed E-state index contributed by atoms with van der Waals surface area (Å²) in [5.74, 6) is 0. The number of alkyl halides is 1. The molecule has 0 aliphatic heterocycles. The van der Waals surface area contributed by atoms with Crippen molar-refractivity contribution in [1.29, 1.82) is 0 Å². The first-order valence-electron chi connectivity index (χ1n) is 4.80. The van der Waals surface area contributed by atoms with Gasteiger partial charge in [-0.05, 0) is 12.8 Å². The fourth-order valence-electron chi connectivity index (χ4n) is 1.18. The first-order chi connectivity index (χ1) is 6.86. The number of hydrogen-bond donors (Lipinski definition) is 0. The Hall–Kier alpha value is -0.420. The molecule has 0 atom stereocenters. The summed E-state index contributed by atoms with van der Waals surface area (Å²) in [7, 11) is 1.73. The van der Waals surface area contributed by atoms with Crippen LogP contribution in [0.25, 0.3) is 0 Å². The normalized spacial score (nSPS) is 10.7. The Morgan fingerprint density at radius 3 is 3.07 bits per heavy atom. The molecule has 1 rings (SSSR count). The second-order valence-electron chi connectivity index (χ2n) is 3.11. The molecule has 4 nitrogen and oxygen atoms in total. The summed E-state index contributed by atoms with van der Waals surface area (Å²) >= 11 is 3.37. The fraction of sp³-hybridized carbons (Fsp3) is 0.778. The van der Waals surface area contributed by atoms with Crippen molar-refractivity contribution >= 4 is 15.9 Å². The van der Waals surface area contributed by atoms with Crippen LogP contribution in [-0.2, 0) is 17.7 Å². The Kier molecular flexibility index (Phi) is 5.78. The van der Waals surface area contributed by atoms with E-state index in [0.29, 0.717) is 0 Å². The van der Waals surface area contributed by atoms with Gasteiger partial charge in [0.15, 0.2) is 0 Å². The Balaban J connectivity index is 2.22. The zero-order valence-corrected chi connectivity index (χ0v) is 10.0. The predicted molar refractivity (Wildman–Crippen MR) is 58.6 cm³/mol. The molecule has 0 amide bonds. The molecule has 0 radical (unpaired) electrons. The fourth-order valence-corrected chi connectivity index (χ4v) is 1.59. The molecule has 0 fully saturated rings. The maximum atomic E-state index is 4.97. The molecule has 1 aromatic heterocycles. The molecule has 0 aliphatic rings. The van der Waals surface area contributed by atoms with Crippen LogP contribution in [0.5, 0.6) is 0 Å². The SMILES string of the molecule is COCCCCn1cc(CCBr)nn1. The van der Waals surface area contributed by atoms with E-state index in [1.807, 2.05) is 10.9 Å². The molecule has 0 unspecified atom stereocenters. The number of nitrogens with zero attached hydrogens (tertiary/aromatic N) is 3. The number of unbranched alkanes of at least 4 members (excludes halogenated alkanes) is 1. The van der Waals surface area contributed by atoms with Gasteiger partial charge in [-0.15, -0.1) is 5.10 Å². The molecule has 0 aromatic carbocycles. The first kappa shape index (κ1) is 11.7. The maximum Gasteiger partial charge on any atom is 0.0835 e. The van der Waals surface area contributed by atoms with Gasteiger partial charge in [0.1, 0.15) is 0 Å². The summed E-state index contributed by atoms with van der Waals surface area (Å²) < 4.78 is 6.87. The maximum absolute atomic E-state index is 4.97. The van der Waals surface area contributed by atoms with Crippen LogP contribution >= 0.6 is 15.9 Å². The summed E-state index contributed by atoms with van der Waals surface area (Å²) in [6.07, 6.45) is 5.11. The lowest BCUT2D eigenvalue weighted by molar-refractivity contribution is 0.191. The lowest BCUT2D eigenvalue weighted by Gasteiger charge is -1.99. The highest BCUT2D eigenvalue weighted by Gasteiger charge is 1.99. The summed E-state index contributed by atoms with van der Waals surface area (Å²) in [6, 6.07) is 0. The second-order valence-corrected chi connectivity index (χ2v) is 3.90. The van der Waals surface area contributed by atoms with E-state index in [1.54, 1.807) is 7.11 Å². The molecule has 5 heteroatoms. The molecule has 0 aliphatic carbocycles. The third kappa shape index (κ3) is 4.19. The van der Waals surface area contributed by atoms with E-state index in [2.05, 4.69) is 26.2 Å². The topological polar surface area (TPSA) is 39.9 Å².